The van der Waals surface area contributed by atoms with Crippen LogP contribution in [0.4, 0.5) is 0 Å². The van der Waals surface area contributed by atoms with Gasteiger partial charge in [-0.15, -0.1) is 0 Å². The summed E-state index contributed by atoms with van der Waals surface area (Å²) in [6.07, 6.45) is 0.0575. The zero-order valence-electron chi connectivity index (χ0n) is 8.93. The average molecular weight is 256 g/mol. The molecule has 0 aliphatic heterocycles. The van der Waals surface area contributed by atoms with Crippen molar-refractivity contribution in [1.82, 2.24) is 0 Å². The Labute approximate surface area is 142 Å². The quantitative estimate of drug-likeness (QED) is 0.852. The summed E-state index contributed by atoms with van der Waals surface area (Å²) >= 11 is 0. The Morgan fingerprint density at radius 2 is 1.82 bits per heavy atom. The first kappa shape index (κ1) is 14.7. The molecule has 17 heavy (non-hydrogen) atoms. The summed E-state index contributed by atoms with van der Waals surface area (Å²) in [5, 5.41) is 10.8. The Balaban J connectivity index is 0.00000144. The van der Waals surface area contributed by atoms with E-state index in [9.17, 15) is 4.79 Å². The van der Waals surface area contributed by atoms with Gasteiger partial charge in [0.05, 0.1) is 13.5 Å². The molecule has 0 bridgehead atoms. The normalized spacial score (nSPS) is 9.71. The Morgan fingerprint density at radius 1 is 1.18 bits per heavy atom. The molecule has 0 saturated heterocycles. The minimum atomic E-state index is -0.812. The topological polar surface area (TPSA) is 46.5 Å². The van der Waals surface area contributed by atoms with Crippen molar-refractivity contribution in [3.8, 4) is 5.75 Å². The van der Waals surface area contributed by atoms with Gasteiger partial charge >= 0.3 is 57.4 Å². The van der Waals surface area contributed by atoms with E-state index in [0.29, 0.717) is 0 Å². The Hall–Kier alpha value is -0.394. The Kier molecular flexibility index (Phi) is 5.62. The van der Waals surface area contributed by atoms with Gasteiger partial charge in [0.1, 0.15) is 5.75 Å². The van der Waals surface area contributed by atoms with Crippen molar-refractivity contribution in [2.75, 3.05) is 7.11 Å². The molecule has 2 rings (SSSR count). The molecule has 0 radical (unpaired) electrons. The third-order valence-corrected chi connectivity index (χ3v) is 2.47. The number of carboxylic acid groups (broad SMARTS) is 1. The predicted octanol–water partition coefficient (Wildman–Crippen LogP) is 1.83. The number of benzene rings is 2. The van der Waals surface area contributed by atoms with Gasteiger partial charge in [-0.3, -0.25) is 4.79 Å². The van der Waals surface area contributed by atoms with E-state index in [2.05, 4.69) is 0 Å². The van der Waals surface area contributed by atoms with E-state index < -0.39 is 5.97 Å². The van der Waals surface area contributed by atoms with Gasteiger partial charge in [0, 0.05) is 0 Å². The minimum absolute atomic E-state index is 0. The van der Waals surface area contributed by atoms with Gasteiger partial charge in [-0.25, -0.2) is 0 Å². The number of rotatable bonds is 3. The number of fused-ring (bicyclic) bond motifs is 1. The van der Waals surface area contributed by atoms with Crippen molar-refractivity contribution in [2.24, 2.45) is 0 Å². The summed E-state index contributed by atoms with van der Waals surface area (Å²) in [6, 6.07) is 11.4. The molecule has 0 fully saturated rings. The van der Waals surface area contributed by atoms with Crippen LogP contribution in [-0.2, 0) is 11.2 Å². The maximum absolute atomic E-state index is 10.6. The van der Waals surface area contributed by atoms with Gasteiger partial charge in [-0.05, 0) is 28.5 Å². The second-order valence-electron chi connectivity index (χ2n) is 3.62. The van der Waals surface area contributed by atoms with Crippen LogP contribution in [0.25, 0.3) is 10.8 Å². The summed E-state index contributed by atoms with van der Waals surface area (Å²) in [4.78, 5) is 10.6. The van der Waals surface area contributed by atoms with Crippen LogP contribution in [0.2, 0.25) is 0 Å². The summed E-state index contributed by atoms with van der Waals surface area (Å²) < 4.78 is 5.12. The van der Waals surface area contributed by atoms with Crippen LogP contribution in [0.5, 0.6) is 5.75 Å². The number of ether oxygens (including phenoxy) is 1. The molecule has 0 unspecified atom stereocenters. The Morgan fingerprint density at radius 3 is 2.47 bits per heavy atom. The molecule has 0 saturated carbocycles. The van der Waals surface area contributed by atoms with Gasteiger partial charge in [0.2, 0.25) is 0 Å². The molecule has 4 heteroatoms. The number of hydrogen-bond acceptors (Lipinski definition) is 2. The van der Waals surface area contributed by atoms with Gasteiger partial charge in [-0.1, -0.05) is 24.3 Å². The molecule has 0 heterocycles. The van der Waals surface area contributed by atoms with Gasteiger partial charge in [-0.2, -0.15) is 0 Å². The molecule has 2 aromatic carbocycles. The second-order valence-corrected chi connectivity index (χ2v) is 3.62. The van der Waals surface area contributed by atoms with E-state index in [1.165, 1.54) is 0 Å². The van der Waals surface area contributed by atoms with Crippen molar-refractivity contribution in [2.45, 2.75) is 6.42 Å². The summed E-state index contributed by atoms with van der Waals surface area (Å²) in [5.41, 5.74) is 0.810. The zero-order valence-corrected chi connectivity index (χ0v) is 8.93. The second kappa shape index (κ2) is 6.52. The monoisotopic (exact) mass is 256 g/mol. The van der Waals surface area contributed by atoms with Crippen molar-refractivity contribution >= 4 is 68.1 Å². The van der Waals surface area contributed by atoms with Crippen LogP contribution in [0, 0.1) is 0 Å². The van der Waals surface area contributed by atoms with Crippen LogP contribution in [0.3, 0.4) is 0 Å². The molecule has 3 nitrogen and oxygen atoms in total. The Bertz CT molecular complexity index is 537. The standard InChI is InChI=1S/C13H12O3.K.H/c1-16-12-5-4-10-6-9(7-13(14)15)2-3-11(10)8-12;;/h2-6,8H,7H2,1H3,(H,14,15);;. The number of carbonyl (C=O) groups is 1. The maximum atomic E-state index is 10.6. The van der Waals surface area contributed by atoms with Crippen LogP contribution < -0.4 is 4.74 Å². The first-order valence-corrected chi connectivity index (χ1v) is 4.97. The molecule has 0 aliphatic rings. The van der Waals surface area contributed by atoms with Gasteiger partial charge in [0.15, 0.2) is 0 Å². The zero-order chi connectivity index (χ0) is 11.5. The number of methoxy groups -OCH3 is 1. The van der Waals surface area contributed by atoms with Gasteiger partial charge < -0.3 is 9.84 Å². The molecular formula is C13H13KO3. The molecule has 2 aromatic rings. The summed E-state index contributed by atoms with van der Waals surface area (Å²) in [7, 11) is 1.62. The number of aliphatic carboxylic acids is 1. The van der Waals surface area contributed by atoms with Crippen molar-refractivity contribution in [1.29, 1.82) is 0 Å². The van der Waals surface area contributed by atoms with Crippen LogP contribution in [-0.4, -0.2) is 69.6 Å². The predicted molar refractivity (Wildman–Crippen MR) is 69.0 cm³/mol. The van der Waals surface area contributed by atoms with E-state index in [4.69, 9.17) is 9.84 Å². The average Bonchev–Trinajstić information content (AvgIpc) is 2.27. The van der Waals surface area contributed by atoms with E-state index in [-0.39, 0.29) is 57.8 Å². The summed E-state index contributed by atoms with van der Waals surface area (Å²) in [5.74, 6) is -0.00801. The van der Waals surface area contributed by atoms with Crippen molar-refractivity contribution in [3.63, 3.8) is 0 Å². The molecule has 0 aliphatic carbocycles. The number of carboxylic acids is 1. The van der Waals surface area contributed by atoms with Crippen molar-refractivity contribution in [3.05, 3.63) is 42.0 Å². The van der Waals surface area contributed by atoms with Crippen LogP contribution >= 0.6 is 0 Å². The summed E-state index contributed by atoms with van der Waals surface area (Å²) in [6.45, 7) is 0. The van der Waals surface area contributed by atoms with Gasteiger partial charge in [0.25, 0.3) is 0 Å². The molecule has 0 aromatic heterocycles. The fourth-order valence-electron chi connectivity index (χ4n) is 1.68. The molecule has 84 valence electrons. The molecule has 0 atom stereocenters. The van der Waals surface area contributed by atoms with E-state index in [1.54, 1.807) is 7.11 Å². The van der Waals surface area contributed by atoms with Crippen LogP contribution in [0.1, 0.15) is 5.56 Å². The first-order valence-electron chi connectivity index (χ1n) is 4.97. The van der Waals surface area contributed by atoms with E-state index >= 15 is 0 Å². The molecule has 0 spiro atoms. The third-order valence-electron chi connectivity index (χ3n) is 2.47. The van der Waals surface area contributed by atoms with Crippen LogP contribution in [0.15, 0.2) is 36.4 Å². The molecular weight excluding hydrogens is 243 g/mol. The fraction of sp³-hybridized carbons (Fsp3) is 0.154. The molecule has 0 amide bonds. The molecule has 1 N–H and O–H groups in total. The van der Waals surface area contributed by atoms with E-state index in [1.807, 2.05) is 36.4 Å². The SMILES string of the molecule is COc1ccc2cc(CC(=O)O)ccc2c1.[KH]. The van der Waals surface area contributed by atoms with E-state index in [0.717, 1.165) is 22.1 Å². The number of hydrogen-bond donors (Lipinski definition) is 1. The fourth-order valence-corrected chi connectivity index (χ4v) is 1.68. The first-order chi connectivity index (χ1) is 7.69. The third kappa shape index (κ3) is 3.79. The van der Waals surface area contributed by atoms with Crippen molar-refractivity contribution < 1.29 is 14.6 Å².